The highest BCUT2D eigenvalue weighted by Gasteiger charge is 2.25. The highest BCUT2D eigenvalue weighted by atomic mass is 35.5. The van der Waals surface area contributed by atoms with E-state index < -0.39 is 5.82 Å². The van der Waals surface area contributed by atoms with Gasteiger partial charge in [0.15, 0.2) is 0 Å². The molecule has 2 aromatic heterocycles. The standard InChI is InChI=1S/C21H19ClFN5/c1-3-12(4-2)20-19(21-25-27-28-26-21)18(13-8-6-5-7-9-13)14-10-15(22)16(23)11-17(14)24-20/h5-12H,3-4H2,1-2H3,(H,25,26,27,28). The molecule has 0 saturated carbocycles. The summed E-state index contributed by atoms with van der Waals surface area (Å²) in [5.41, 5.74) is 4.07. The largest absolute Gasteiger partial charge is 0.252 e. The van der Waals surface area contributed by atoms with E-state index >= 15 is 0 Å². The Kier molecular flexibility index (Phi) is 5.05. The van der Waals surface area contributed by atoms with Gasteiger partial charge in [-0.2, -0.15) is 5.21 Å². The van der Waals surface area contributed by atoms with Gasteiger partial charge in [0.25, 0.3) is 0 Å². The molecule has 0 unspecified atom stereocenters. The molecule has 0 aliphatic heterocycles. The molecule has 2 aromatic carbocycles. The topological polar surface area (TPSA) is 67.3 Å². The highest BCUT2D eigenvalue weighted by molar-refractivity contribution is 6.31. The third-order valence-electron chi connectivity index (χ3n) is 5.06. The molecule has 0 saturated heterocycles. The number of halogens is 2. The molecular weight excluding hydrogens is 377 g/mol. The first kappa shape index (κ1) is 18.5. The second kappa shape index (κ2) is 7.64. The maximum absolute atomic E-state index is 14.2. The van der Waals surface area contributed by atoms with Gasteiger partial charge in [-0.05, 0) is 29.7 Å². The lowest BCUT2D eigenvalue weighted by Gasteiger charge is -2.20. The fourth-order valence-corrected chi connectivity index (χ4v) is 3.81. The van der Waals surface area contributed by atoms with Crippen LogP contribution in [0.4, 0.5) is 4.39 Å². The van der Waals surface area contributed by atoms with E-state index in [9.17, 15) is 4.39 Å². The highest BCUT2D eigenvalue weighted by Crippen LogP contribution is 2.42. The SMILES string of the molecule is CCC(CC)c1nc2cc(F)c(Cl)cc2c(-c2ccccc2)c1-c1nn[nH]n1. The lowest BCUT2D eigenvalue weighted by molar-refractivity contribution is 0.623. The van der Waals surface area contributed by atoms with Crippen LogP contribution in [0, 0.1) is 5.82 Å². The zero-order chi connectivity index (χ0) is 19.7. The van der Waals surface area contributed by atoms with Crippen LogP contribution in [0.2, 0.25) is 5.02 Å². The molecule has 5 nitrogen and oxygen atoms in total. The maximum Gasteiger partial charge on any atom is 0.207 e. The van der Waals surface area contributed by atoms with Crippen LogP contribution in [-0.4, -0.2) is 25.6 Å². The molecule has 0 amide bonds. The van der Waals surface area contributed by atoms with Gasteiger partial charge in [-0.25, -0.2) is 4.39 Å². The molecule has 0 bridgehead atoms. The van der Waals surface area contributed by atoms with Gasteiger partial charge >= 0.3 is 0 Å². The summed E-state index contributed by atoms with van der Waals surface area (Å²) in [6.07, 6.45) is 1.79. The smallest absolute Gasteiger partial charge is 0.207 e. The summed E-state index contributed by atoms with van der Waals surface area (Å²) in [6, 6.07) is 12.9. The molecule has 1 N–H and O–H groups in total. The lowest BCUT2D eigenvalue weighted by atomic mass is 9.87. The Balaban J connectivity index is 2.20. The molecule has 0 aliphatic rings. The quantitative estimate of drug-likeness (QED) is 0.465. The minimum absolute atomic E-state index is 0.0563. The Labute approximate surface area is 167 Å². The van der Waals surface area contributed by atoms with Gasteiger partial charge < -0.3 is 0 Å². The molecule has 0 spiro atoms. The van der Waals surface area contributed by atoms with Crippen molar-refractivity contribution in [1.29, 1.82) is 0 Å². The fraction of sp³-hybridized carbons (Fsp3) is 0.238. The summed E-state index contributed by atoms with van der Waals surface area (Å²) in [4.78, 5) is 4.84. The second-order valence-corrected chi connectivity index (χ2v) is 7.05. The first-order valence-corrected chi connectivity index (χ1v) is 9.63. The maximum atomic E-state index is 14.2. The van der Waals surface area contributed by atoms with Gasteiger partial charge in [0.1, 0.15) is 5.82 Å². The number of hydrogen-bond acceptors (Lipinski definition) is 4. The molecule has 7 heteroatoms. The van der Waals surface area contributed by atoms with E-state index in [1.807, 2.05) is 30.3 Å². The van der Waals surface area contributed by atoms with E-state index in [-0.39, 0.29) is 10.9 Å². The van der Waals surface area contributed by atoms with E-state index in [0.717, 1.165) is 40.6 Å². The number of aromatic nitrogens is 5. The van der Waals surface area contributed by atoms with E-state index in [1.54, 1.807) is 6.07 Å². The van der Waals surface area contributed by atoms with Gasteiger partial charge in [0, 0.05) is 22.9 Å². The number of hydrogen-bond donors (Lipinski definition) is 1. The van der Waals surface area contributed by atoms with Crippen molar-refractivity contribution < 1.29 is 4.39 Å². The number of H-pyrrole nitrogens is 1. The normalized spacial score (nSPS) is 11.5. The fourth-order valence-electron chi connectivity index (χ4n) is 3.65. The molecule has 0 fully saturated rings. The lowest BCUT2D eigenvalue weighted by Crippen LogP contribution is -2.06. The third-order valence-corrected chi connectivity index (χ3v) is 5.35. The number of tetrazole rings is 1. The van der Waals surface area contributed by atoms with Crippen molar-refractivity contribution in [3.05, 3.63) is 59.0 Å². The Morgan fingerprint density at radius 1 is 1.07 bits per heavy atom. The monoisotopic (exact) mass is 395 g/mol. The summed E-state index contributed by atoms with van der Waals surface area (Å²) in [5.74, 6) is 0.165. The molecule has 4 rings (SSSR count). The van der Waals surface area contributed by atoms with Crippen molar-refractivity contribution in [1.82, 2.24) is 25.6 Å². The summed E-state index contributed by atoms with van der Waals surface area (Å²) in [5, 5.41) is 15.6. The van der Waals surface area contributed by atoms with Crippen LogP contribution in [0.5, 0.6) is 0 Å². The van der Waals surface area contributed by atoms with Crippen LogP contribution in [0.25, 0.3) is 33.4 Å². The predicted octanol–water partition coefficient (Wildman–Crippen LogP) is 5.78. The van der Waals surface area contributed by atoms with Gasteiger partial charge in [0.05, 0.1) is 21.8 Å². The first-order chi connectivity index (χ1) is 13.6. The molecule has 4 aromatic rings. The van der Waals surface area contributed by atoms with E-state index in [0.29, 0.717) is 11.3 Å². The predicted molar refractivity (Wildman–Crippen MR) is 109 cm³/mol. The average molecular weight is 396 g/mol. The molecular formula is C21H19ClFN5. The average Bonchev–Trinajstić information content (AvgIpc) is 3.24. The Bertz CT molecular complexity index is 1110. The van der Waals surface area contributed by atoms with Crippen LogP contribution >= 0.6 is 11.6 Å². The number of aromatic amines is 1. The van der Waals surface area contributed by atoms with Gasteiger partial charge in [-0.3, -0.25) is 4.98 Å². The van der Waals surface area contributed by atoms with Crippen LogP contribution in [0.15, 0.2) is 42.5 Å². The summed E-state index contributed by atoms with van der Waals surface area (Å²) >= 11 is 6.13. The zero-order valence-corrected chi connectivity index (χ0v) is 16.3. The number of nitrogens with zero attached hydrogens (tertiary/aromatic N) is 4. The van der Waals surface area contributed by atoms with Crippen LogP contribution < -0.4 is 0 Å². The van der Waals surface area contributed by atoms with Crippen molar-refractivity contribution in [3.8, 4) is 22.5 Å². The number of fused-ring (bicyclic) bond motifs is 1. The molecule has 0 aliphatic carbocycles. The number of benzene rings is 2. The minimum Gasteiger partial charge on any atom is -0.252 e. The molecule has 2 heterocycles. The zero-order valence-electron chi connectivity index (χ0n) is 15.6. The Morgan fingerprint density at radius 2 is 1.82 bits per heavy atom. The minimum atomic E-state index is -0.483. The van der Waals surface area contributed by atoms with Crippen molar-refractivity contribution in [2.24, 2.45) is 0 Å². The summed E-state index contributed by atoms with van der Waals surface area (Å²) in [7, 11) is 0. The number of rotatable bonds is 5. The molecule has 28 heavy (non-hydrogen) atoms. The second-order valence-electron chi connectivity index (χ2n) is 6.65. The third kappa shape index (κ3) is 3.14. The van der Waals surface area contributed by atoms with Crippen molar-refractivity contribution in [3.63, 3.8) is 0 Å². The van der Waals surface area contributed by atoms with Crippen LogP contribution in [0.3, 0.4) is 0 Å². The molecule has 0 atom stereocenters. The molecule has 0 radical (unpaired) electrons. The van der Waals surface area contributed by atoms with Crippen molar-refractivity contribution in [2.45, 2.75) is 32.6 Å². The molecule has 142 valence electrons. The first-order valence-electron chi connectivity index (χ1n) is 9.25. The van der Waals surface area contributed by atoms with Gasteiger partial charge in [-0.15, -0.1) is 10.2 Å². The summed E-state index contributed by atoms with van der Waals surface area (Å²) < 4.78 is 14.2. The van der Waals surface area contributed by atoms with Gasteiger partial charge in [0.2, 0.25) is 5.82 Å². The summed E-state index contributed by atoms with van der Waals surface area (Å²) in [6.45, 7) is 4.23. The number of nitrogens with one attached hydrogen (secondary N) is 1. The van der Waals surface area contributed by atoms with Gasteiger partial charge in [-0.1, -0.05) is 55.8 Å². The van der Waals surface area contributed by atoms with E-state index in [1.165, 1.54) is 6.07 Å². The Morgan fingerprint density at radius 3 is 2.46 bits per heavy atom. The van der Waals surface area contributed by atoms with Crippen LogP contribution in [0.1, 0.15) is 38.3 Å². The van der Waals surface area contributed by atoms with E-state index in [2.05, 4.69) is 34.5 Å². The van der Waals surface area contributed by atoms with Crippen molar-refractivity contribution in [2.75, 3.05) is 0 Å². The van der Waals surface area contributed by atoms with E-state index in [4.69, 9.17) is 16.6 Å². The number of pyridine rings is 1. The van der Waals surface area contributed by atoms with Crippen LogP contribution in [-0.2, 0) is 0 Å². The Hall–Kier alpha value is -2.86. The van der Waals surface area contributed by atoms with Crippen molar-refractivity contribution >= 4 is 22.5 Å².